The van der Waals surface area contributed by atoms with Crippen molar-refractivity contribution in [2.45, 2.75) is 19.5 Å². The summed E-state index contributed by atoms with van der Waals surface area (Å²) in [4.78, 5) is 0. The average molecular weight is 256 g/mol. The van der Waals surface area contributed by atoms with Crippen molar-refractivity contribution >= 4 is 5.52 Å². The first-order valence-electron chi connectivity index (χ1n) is 6.25. The Bertz CT molecular complexity index is 683. The van der Waals surface area contributed by atoms with E-state index in [1.54, 1.807) is 6.20 Å². The molecule has 3 heterocycles. The molecule has 6 nitrogen and oxygen atoms in total. The lowest BCUT2D eigenvalue weighted by molar-refractivity contribution is 0.545. The Morgan fingerprint density at radius 2 is 2.21 bits per heavy atom. The molecule has 3 N–H and O–H groups in total. The van der Waals surface area contributed by atoms with Crippen LogP contribution in [0.2, 0.25) is 0 Å². The van der Waals surface area contributed by atoms with E-state index in [0.29, 0.717) is 0 Å². The Hall–Kier alpha value is -2.18. The van der Waals surface area contributed by atoms with E-state index in [1.807, 2.05) is 45.9 Å². The molecule has 0 spiro atoms. The molecule has 6 heteroatoms. The minimum atomic E-state index is -0.123. The fraction of sp³-hybridized carbons (Fsp3) is 0.231. The van der Waals surface area contributed by atoms with E-state index >= 15 is 0 Å². The molecule has 19 heavy (non-hydrogen) atoms. The van der Waals surface area contributed by atoms with E-state index in [2.05, 4.69) is 22.5 Å². The molecule has 0 aliphatic heterocycles. The number of aromatic nitrogens is 4. The van der Waals surface area contributed by atoms with E-state index in [0.717, 1.165) is 23.3 Å². The summed E-state index contributed by atoms with van der Waals surface area (Å²) in [5.41, 5.74) is 5.97. The van der Waals surface area contributed by atoms with Crippen LogP contribution in [-0.2, 0) is 6.54 Å². The highest BCUT2D eigenvalue weighted by Crippen LogP contribution is 2.24. The molecule has 0 aromatic carbocycles. The van der Waals surface area contributed by atoms with E-state index in [-0.39, 0.29) is 6.04 Å². The zero-order valence-electron chi connectivity index (χ0n) is 10.7. The predicted octanol–water partition coefficient (Wildman–Crippen LogP) is 1.10. The van der Waals surface area contributed by atoms with Gasteiger partial charge in [0.1, 0.15) is 0 Å². The van der Waals surface area contributed by atoms with E-state index in [1.165, 1.54) is 0 Å². The van der Waals surface area contributed by atoms with Gasteiger partial charge in [-0.3, -0.25) is 10.5 Å². The van der Waals surface area contributed by atoms with Crippen LogP contribution in [0.1, 0.15) is 24.2 Å². The lowest BCUT2D eigenvalue weighted by Crippen LogP contribution is -2.30. The highest BCUT2D eigenvalue weighted by Gasteiger charge is 2.20. The van der Waals surface area contributed by atoms with Crippen molar-refractivity contribution in [2.24, 2.45) is 5.84 Å². The molecule has 3 aromatic heterocycles. The number of rotatable bonds is 4. The summed E-state index contributed by atoms with van der Waals surface area (Å²) in [7, 11) is 0. The molecule has 1 atom stereocenters. The number of nitrogens with zero attached hydrogens (tertiary/aromatic N) is 4. The van der Waals surface area contributed by atoms with Crippen LogP contribution in [0.5, 0.6) is 0 Å². The molecule has 0 fully saturated rings. The molecule has 0 radical (unpaired) electrons. The SMILES string of the molecule is CCn1nccc1C(NN)c1cnn2ccccc12. The maximum absolute atomic E-state index is 5.74. The van der Waals surface area contributed by atoms with Gasteiger partial charge in [-0.1, -0.05) is 6.07 Å². The van der Waals surface area contributed by atoms with E-state index in [9.17, 15) is 0 Å². The highest BCUT2D eigenvalue weighted by atomic mass is 15.3. The molecular formula is C13H16N6. The molecule has 0 aliphatic rings. The van der Waals surface area contributed by atoms with E-state index < -0.39 is 0 Å². The van der Waals surface area contributed by atoms with Gasteiger partial charge < -0.3 is 0 Å². The van der Waals surface area contributed by atoms with Crippen molar-refractivity contribution in [3.8, 4) is 0 Å². The van der Waals surface area contributed by atoms with Crippen molar-refractivity contribution in [1.29, 1.82) is 0 Å². The van der Waals surface area contributed by atoms with Gasteiger partial charge in [-0.2, -0.15) is 10.2 Å². The van der Waals surface area contributed by atoms with Gasteiger partial charge in [0, 0.05) is 24.5 Å². The number of hydrazine groups is 1. The molecule has 0 bridgehead atoms. The van der Waals surface area contributed by atoms with Gasteiger partial charge in [0.15, 0.2) is 0 Å². The Kier molecular flexibility index (Phi) is 3.02. The van der Waals surface area contributed by atoms with Crippen LogP contribution in [0, 0.1) is 0 Å². The minimum absolute atomic E-state index is 0.123. The quantitative estimate of drug-likeness (QED) is 0.541. The molecule has 3 rings (SSSR count). The smallest absolute Gasteiger partial charge is 0.0914 e. The highest BCUT2D eigenvalue weighted by molar-refractivity contribution is 5.56. The molecule has 98 valence electrons. The van der Waals surface area contributed by atoms with Gasteiger partial charge in [0.25, 0.3) is 0 Å². The van der Waals surface area contributed by atoms with Gasteiger partial charge in [-0.05, 0) is 25.1 Å². The van der Waals surface area contributed by atoms with Crippen molar-refractivity contribution in [3.63, 3.8) is 0 Å². The fourth-order valence-electron chi connectivity index (χ4n) is 2.36. The third kappa shape index (κ3) is 1.91. The molecule has 1 unspecified atom stereocenters. The van der Waals surface area contributed by atoms with Crippen LogP contribution >= 0.6 is 0 Å². The molecule has 0 saturated carbocycles. The predicted molar refractivity (Wildman–Crippen MR) is 72.3 cm³/mol. The second-order valence-electron chi connectivity index (χ2n) is 4.30. The second kappa shape index (κ2) is 4.83. The third-order valence-electron chi connectivity index (χ3n) is 3.28. The van der Waals surface area contributed by atoms with Crippen molar-refractivity contribution in [1.82, 2.24) is 24.8 Å². The van der Waals surface area contributed by atoms with Crippen molar-refractivity contribution < 1.29 is 0 Å². The largest absolute Gasteiger partial charge is 0.271 e. The van der Waals surface area contributed by atoms with Gasteiger partial charge in [0.2, 0.25) is 0 Å². The van der Waals surface area contributed by atoms with Gasteiger partial charge in [0.05, 0.1) is 23.4 Å². The van der Waals surface area contributed by atoms with E-state index in [4.69, 9.17) is 5.84 Å². The zero-order chi connectivity index (χ0) is 13.2. The van der Waals surface area contributed by atoms with Gasteiger partial charge >= 0.3 is 0 Å². The van der Waals surface area contributed by atoms with Crippen molar-refractivity contribution in [2.75, 3.05) is 0 Å². The van der Waals surface area contributed by atoms with Gasteiger partial charge in [-0.25, -0.2) is 9.94 Å². The summed E-state index contributed by atoms with van der Waals surface area (Å²) in [6.45, 7) is 2.86. The van der Waals surface area contributed by atoms with Crippen LogP contribution < -0.4 is 11.3 Å². The van der Waals surface area contributed by atoms with Crippen LogP contribution in [0.4, 0.5) is 0 Å². The van der Waals surface area contributed by atoms with Crippen LogP contribution in [0.15, 0.2) is 42.9 Å². The van der Waals surface area contributed by atoms with Crippen molar-refractivity contribution in [3.05, 3.63) is 54.1 Å². The Morgan fingerprint density at radius 3 is 3.00 bits per heavy atom. The Balaban J connectivity index is 2.12. The maximum Gasteiger partial charge on any atom is 0.0914 e. The lowest BCUT2D eigenvalue weighted by Gasteiger charge is -2.16. The first-order valence-corrected chi connectivity index (χ1v) is 6.25. The molecule has 0 aliphatic carbocycles. The fourth-order valence-corrected chi connectivity index (χ4v) is 2.36. The zero-order valence-corrected chi connectivity index (χ0v) is 10.7. The number of hydrogen-bond acceptors (Lipinski definition) is 4. The Labute approximate surface area is 110 Å². The summed E-state index contributed by atoms with van der Waals surface area (Å²) in [5, 5.41) is 8.63. The Morgan fingerprint density at radius 1 is 1.32 bits per heavy atom. The van der Waals surface area contributed by atoms with Crippen LogP contribution in [0.25, 0.3) is 5.52 Å². The number of nitrogens with one attached hydrogen (secondary N) is 1. The summed E-state index contributed by atoms with van der Waals surface area (Å²) < 4.78 is 3.77. The van der Waals surface area contributed by atoms with Gasteiger partial charge in [-0.15, -0.1) is 0 Å². The molecular weight excluding hydrogens is 240 g/mol. The molecule has 0 amide bonds. The van der Waals surface area contributed by atoms with Crippen LogP contribution in [0.3, 0.4) is 0 Å². The topological polar surface area (TPSA) is 73.2 Å². The third-order valence-corrected chi connectivity index (χ3v) is 3.28. The monoisotopic (exact) mass is 256 g/mol. The standard InChI is InChI=1S/C13H16N6/c1-2-18-12(6-7-15-18)13(17-14)10-9-16-19-8-4-3-5-11(10)19/h3-9,13,17H,2,14H2,1H3. The summed E-state index contributed by atoms with van der Waals surface area (Å²) in [6.07, 6.45) is 5.55. The average Bonchev–Trinajstić information content (AvgIpc) is 3.07. The number of aryl methyl sites for hydroxylation is 1. The number of hydrogen-bond donors (Lipinski definition) is 2. The lowest BCUT2D eigenvalue weighted by atomic mass is 10.1. The maximum atomic E-state index is 5.74. The summed E-state index contributed by atoms with van der Waals surface area (Å²) in [6, 6.07) is 7.82. The minimum Gasteiger partial charge on any atom is -0.271 e. The summed E-state index contributed by atoms with van der Waals surface area (Å²) >= 11 is 0. The van der Waals surface area contributed by atoms with Crippen LogP contribution in [-0.4, -0.2) is 19.4 Å². The molecule has 3 aromatic rings. The first kappa shape index (κ1) is 11.9. The number of nitrogens with two attached hydrogens (primary N) is 1. The molecule has 0 saturated heterocycles. The number of fused-ring (bicyclic) bond motifs is 1. The normalized spacial score (nSPS) is 12.9. The first-order chi connectivity index (χ1) is 9.35. The second-order valence-corrected chi connectivity index (χ2v) is 4.30. The number of pyridine rings is 1. The summed E-state index contributed by atoms with van der Waals surface area (Å²) in [5.74, 6) is 5.74.